The van der Waals surface area contributed by atoms with Crippen LogP contribution in [0.4, 0.5) is 0 Å². The van der Waals surface area contributed by atoms with Crippen molar-refractivity contribution in [2.24, 2.45) is 0 Å². The highest BCUT2D eigenvalue weighted by molar-refractivity contribution is 6.42. The Morgan fingerprint density at radius 3 is 2.59 bits per heavy atom. The van der Waals surface area contributed by atoms with E-state index in [9.17, 15) is 14.4 Å². The van der Waals surface area contributed by atoms with Crippen LogP contribution < -0.4 is 16.6 Å². The van der Waals surface area contributed by atoms with Gasteiger partial charge in [0.1, 0.15) is 6.54 Å². The number of rotatable bonds is 5. The van der Waals surface area contributed by atoms with E-state index in [2.05, 4.69) is 10.3 Å². The number of aromatic nitrogens is 3. The second-order valence-corrected chi connectivity index (χ2v) is 8.08. The van der Waals surface area contributed by atoms with E-state index in [1.165, 1.54) is 22.8 Å². The van der Waals surface area contributed by atoms with Crippen LogP contribution in [0.2, 0.25) is 10.0 Å². The first-order valence-corrected chi connectivity index (χ1v) is 10.5. The zero-order valence-corrected chi connectivity index (χ0v) is 18.5. The molecule has 0 saturated heterocycles. The lowest BCUT2D eigenvalue weighted by molar-refractivity contribution is -0.121. The molecule has 0 aliphatic heterocycles. The second-order valence-electron chi connectivity index (χ2n) is 7.27. The molecule has 1 amide bonds. The maximum absolute atomic E-state index is 13.4. The number of fused-ring (bicyclic) bond motifs is 1. The van der Waals surface area contributed by atoms with E-state index in [1.54, 1.807) is 36.7 Å². The van der Waals surface area contributed by atoms with Gasteiger partial charge in [-0.2, -0.15) is 0 Å². The molecule has 9 heteroatoms. The summed E-state index contributed by atoms with van der Waals surface area (Å²) in [6, 6.07) is 13.2. The Kier molecular flexibility index (Phi) is 6.12. The molecule has 162 valence electrons. The van der Waals surface area contributed by atoms with Gasteiger partial charge in [-0.25, -0.2) is 9.36 Å². The van der Waals surface area contributed by atoms with Crippen molar-refractivity contribution in [3.8, 4) is 5.69 Å². The van der Waals surface area contributed by atoms with Gasteiger partial charge in [0, 0.05) is 18.9 Å². The molecule has 1 N–H and O–H groups in total. The first-order valence-electron chi connectivity index (χ1n) is 9.72. The molecular weight excluding hydrogens is 451 g/mol. The highest BCUT2D eigenvalue weighted by Crippen LogP contribution is 2.23. The van der Waals surface area contributed by atoms with E-state index in [0.29, 0.717) is 15.9 Å². The number of aryl methyl sites for hydroxylation is 1. The van der Waals surface area contributed by atoms with Crippen LogP contribution in [0.15, 0.2) is 70.5 Å². The Bertz CT molecular complexity index is 1450. The third-order valence-corrected chi connectivity index (χ3v) is 5.71. The summed E-state index contributed by atoms with van der Waals surface area (Å²) in [5, 5.41) is 3.60. The molecule has 0 atom stereocenters. The molecule has 2 heterocycles. The molecule has 0 fully saturated rings. The Morgan fingerprint density at radius 2 is 1.88 bits per heavy atom. The van der Waals surface area contributed by atoms with Crippen LogP contribution in [0.3, 0.4) is 0 Å². The SMILES string of the molecule is Cc1ccc2c(c1)c(=O)n(-c1ccc(Cl)c(Cl)c1)c(=O)n2CC(=O)NCc1cccnc1. The van der Waals surface area contributed by atoms with Crippen LogP contribution in [0, 0.1) is 6.92 Å². The normalized spacial score (nSPS) is 11.0. The summed E-state index contributed by atoms with van der Waals surface area (Å²) in [6.07, 6.45) is 3.29. The van der Waals surface area contributed by atoms with E-state index in [4.69, 9.17) is 23.2 Å². The van der Waals surface area contributed by atoms with Gasteiger partial charge < -0.3 is 5.32 Å². The summed E-state index contributed by atoms with van der Waals surface area (Å²) < 4.78 is 2.27. The van der Waals surface area contributed by atoms with Gasteiger partial charge in [-0.05, 0) is 48.9 Å². The minimum Gasteiger partial charge on any atom is -0.350 e. The van der Waals surface area contributed by atoms with Crippen molar-refractivity contribution >= 4 is 40.0 Å². The van der Waals surface area contributed by atoms with Crippen LogP contribution in [0.5, 0.6) is 0 Å². The van der Waals surface area contributed by atoms with Gasteiger partial charge >= 0.3 is 5.69 Å². The largest absolute Gasteiger partial charge is 0.350 e. The summed E-state index contributed by atoms with van der Waals surface area (Å²) in [5.41, 5.74) is 1.16. The van der Waals surface area contributed by atoms with Gasteiger partial charge in [0.15, 0.2) is 0 Å². The average Bonchev–Trinajstić information content (AvgIpc) is 2.78. The summed E-state index contributed by atoms with van der Waals surface area (Å²) in [7, 11) is 0. The molecular formula is C23H18Cl2N4O3. The predicted octanol–water partition coefficient (Wildman–Crippen LogP) is 3.48. The molecule has 0 aliphatic carbocycles. The van der Waals surface area contributed by atoms with E-state index < -0.39 is 11.2 Å². The standard InChI is InChI=1S/C23H18Cl2N4O3/c1-14-4-7-20-17(9-14)22(31)29(16-5-6-18(24)19(25)10-16)23(32)28(20)13-21(30)27-12-15-3-2-8-26-11-15/h2-11H,12-13H2,1H3,(H,27,30). The number of benzene rings is 2. The van der Waals surface area contributed by atoms with Crippen LogP contribution in [-0.2, 0) is 17.9 Å². The van der Waals surface area contributed by atoms with Crippen molar-refractivity contribution in [2.45, 2.75) is 20.0 Å². The third-order valence-electron chi connectivity index (χ3n) is 4.97. The highest BCUT2D eigenvalue weighted by Gasteiger charge is 2.17. The van der Waals surface area contributed by atoms with E-state index in [-0.39, 0.29) is 29.7 Å². The van der Waals surface area contributed by atoms with Gasteiger partial charge in [0.25, 0.3) is 5.56 Å². The number of carbonyl (C=O) groups excluding carboxylic acids is 1. The predicted molar refractivity (Wildman–Crippen MR) is 125 cm³/mol. The quantitative estimate of drug-likeness (QED) is 0.485. The molecule has 4 rings (SSSR count). The van der Waals surface area contributed by atoms with Crippen molar-refractivity contribution in [3.05, 3.63) is 103 Å². The zero-order valence-electron chi connectivity index (χ0n) is 17.0. The van der Waals surface area contributed by atoms with E-state index in [0.717, 1.165) is 15.7 Å². The number of carbonyl (C=O) groups is 1. The molecule has 7 nitrogen and oxygen atoms in total. The van der Waals surface area contributed by atoms with Gasteiger partial charge in [-0.1, -0.05) is 40.9 Å². The number of nitrogens with zero attached hydrogens (tertiary/aromatic N) is 3. The van der Waals surface area contributed by atoms with Crippen molar-refractivity contribution < 1.29 is 4.79 Å². The fraction of sp³-hybridized carbons (Fsp3) is 0.130. The number of pyridine rings is 1. The van der Waals surface area contributed by atoms with Crippen LogP contribution in [0.1, 0.15) is 11.1 Å². The summed E-state index contributed by atoms with van der Waals surface area (Å²) in [4.78, 5) is 43.2. The van der Waals surface area contributed by atoms with E-state index >= 15 is 0 Å². The van der Waals surface area contributed by atoms with E-state index in [1.807, 2.05) is 13.0 Å². The van der Waals surface area contributed by atoms with Crippen molar-refractivity contribution in [3.63, 3.8) is 0 Å². The molecule has 0 radical (unpaired) electrons. The minimum absolute atomic E-state index is 0.209. The maximum Gasteiger partial charge on any atom is 0.336 e. The Hall–Kier alpha value is -3.42. The molecule has 0 aliphatic rings. The first kappa shape index (κ1) is 21.8. The first-order chi connectivity index (χ1) is 15.3. The van der Waals surface area contributed by atoms with Crippen LogP contribution in [0.25, 0.3) is 16.6 Å². The monoisotopic (exact) mass is 468 g/mol. The Balaban J connectivity index is 1.80. The smallest absolute Gasteiger partial charge is 0.336 e. The second kappa shape index (κ2) is 8.98. The highest BCUT2D eigenvalue weighted by atomic mass is 35.5. The number of amides is 1. The lowest BCUT2D eigenvalue weighted by Gasteiger charge is -2.15. The molecule has 0 spiro atoms. The fourth-order valence-electron chi connectivity index (χ4n) is 3.40. The van der Waals surface area contributed by atoms with Gasteiger partial charge in [0.05, 0.1) is 26.6 Å². The lowest BCUT2D eigenvalue weighted by Crippen LogP contribution is -2.41. The van der Waals surface area contributed by atoms with Crippen molar-refractivity contribution in [1.29, 1.82) is 0 Å². The molecule has 2 aromatic heterocycles. The molecule has 4 aromatic rings. The number of hydrogen-bond acceptors (Lipinski definition) is 4. The average molecular weight is 469 g/mol. The molecule has 0 unspecified atom stereocenters. The van der Waals surface area contributed by atoms with Crippen molar-refractivity contribution in [2.75, 3.05) is 0 Å². The maximum atomic E-state index is 13.4. The lowest BCUT2D eigenvalue weighted by atomic mass is 10.1. The van der Waals surface area contributed by atoms with Gasteiger partial charge in [-0.3, -0.25) is 19.1 Å². The molecule has 2 aromatic carbocycles. The van der Waals surface area contributed by atoms with Crippen LogP contribution >= 0.6 is 23.2 Å². The van der Waals surface area contributed by atoms with Crippen LogP contribution in [-0.4, -0.2) is 20.0 Å². The van der Waals surface area contributed by atoms with Gasteiger partial charge in [0.2, 0.25) is 5.91 Å². The van der Waals surface area contributed by atoms with Crippen molar-refractivity contribution in [1.82, 2.24) is 19.4 Å². The number of halogens is 2. The summed E-state index contributed by atoms with van der Waals surface area (Å²) >= 11 is 12.1. The number of nitrogens with one attached hydrogen (secondary N) is 1. The number of hydrogen-bond donors (Lipinski definition) is 1. The third kappa shape index (κ3) is 4.30. The fourth-order valence-corrected chi connectivity index (χ4v) is 3.69. The molecule has 0 bridgehead atoms. The molecule has 0 saturated carbocycles. The summed E-state index contributed by atoms with van der Waals surface area (Å²) in [5.74, 6) is -0.378. The van der Waals surface area contributed by atoms with Gasteiger partial charge in [-0.15, -0.1) is 0 Å². The molecule has 32 heavy (non-hydrogen) atoms. The minimum atomic E-state index is -0.652. The summed E-state index contributed by atoms with van der Waals surface area (Å²) in [6.45, 7) is 1.85. The zero-order chi connectivity index (χ0) is 22.8. The Labute approximate surface area is 192 Å². The Morgan fingerprint density at radius 1 is 1.06 bits per heavy atom. The topological polar surface area (TPSA) is 86.0 Å².